The van der Waals surface area contributed by atoms with Gasteiger partial charge in [-0.1, -0.05) is 60.4 Å². The molecule has 0 saturated heterocycles. The summed E-state index contributed by atoms with van der Waals surface area (Å²) in [6.45, 7) is 4.79. The number of hydrogen-bond acceptors (Lipinski definition) is 5. The fourth-order valence-electron chi connectivity index (χ4n) is 2.13. The van der Waals surface area contributed by atoms with Crippen LogP contribution in [0, 0.1) is 0 Å². The highest BCUT2D eigenvalue weighted by atomic mass is 79.9. The second-order valence-electron chi connectivity index (χ2n) is 5.36. The molecule has 7 heteroatoms. The third-order valence-electron chi connectivity index (χ3n) is 3.43. The molecule has 0 saturated carbocycles. The SMILES string of the molecule is CCCCCCOc1ccc(Br)cc1C(=O)Nc1nnc(CC)s1. The van der Waals surface area contributed by atoms with Crippen LogP contribution in [0.3, 0.4) is 0 Å². The minimum atomic E-state index is -0.237. The standard InChI is InChI=1S/C17H22BrN3O2S/c1-3-5-6-7-10-23-14-9-8-12(18)11-13(14)16(22)19-17-21-20-15(4-2)24-17/h8-9,11H,3-7,10H2,1-2H3,(H,19,21,22). The number of unbranched alkanes of at least 4 members (excludes halogenated alkanes) is 3. The molecule has 130 valence electrons. The van der Waals surface area contributed by atoms with Crippen LogP contribution in [-0.2, 0) is 6.42 Å². The predicted octanol–water partition coefficient (Wildman–Crippen LogP) is 5.07. The molecule has 2 rings (SSSR count). The Hall–Kier alpha value is -1.47. The Kier molecular flexibility index (Phi) is 7.65. The van der Waals surface area contributed by atoms with E-state index in [1.165, 1.54) is 24.2 Å². The maximum Gasteiger partial charge on any atom is 0.261 e. The van der Waals surface area contributed by atoms with E-state index in [9.17, 15) is 4.79 Å². The van der Waals surface area contributed by atoms with Crippen LogP contribution in [-0.4, -0.2) is 22.7 Å². The number of anilines is 1. The first kappa shape index (κ1) is 18.9. The first-order chi connectivity index (χ1) is 11.6. The summed E-state index contributed by atoms with van der Waals surface area (Å²) < 4.78 is 6.64. The third kappa shape index (κ3) is 5.56. The van der Waals surface area contributed by atoms with Gasteiger partial charge in [0.25, 0.3) is 5.91 Å². The molecular formula is C17H22BrN3O2S. The van der Waals surface area contributed by atoms with Crippen LogP contribution in [0.25, 0.3) is 0 Å². The Labute approximate surface area is 155 Å². The van der Waals surface area contributed by atoms with Crippen LogP contribution in [0.15, 0.2) is 22.7 Å². The van der Waals surface area contributed by atoms with Gasteiger partial charge in [0, 0.05) is 4.47 Å². The zero-order chi connectivity index (χ0) is 17.4. The number of ether oxygens (including phenoxy) is 1. The summed E-state index contributed by atoms with van der Waals surface area (Å²) in [7, 11) is 0. The number of aromatic nitrogens is 2. The van der Waals surface area contributed by atoms with Gasteiger partial charge < -0.3 is 4.74 Å². The zero-order valence-electron chi connectivity index (χ0n) is 14.0. The van der Waals surface area contributed by atoms with Crippen molar-refractivity contribution in [3.05, 3.63) is 33.2 Å². The second-order valence-corrected chi connectivity index (χ2v) is 7.34. The highest BCUT2D eigenvalue weighted by molar-refractivity contribution is 9.10. The molecule has 0 unspecified atom stereocenters. The van der Waals surface area contributed by atoms with E-state index in [2.05, 4.69) is 38.4 Å². The molecule has 0 bridgehead atoms. The van der Waals surface area contributed by atoms with Crippen LogP contribution < -0.4 is 10.1 Å². The lowest BCUT2D eigenvalue weighted by molar-refractivity contribution is 0.102. The molecule has 0 atom stereocenters. The summed E-state index contributed by atoms with van der Waals surface area (Å²) in [4.78, 5) is 12.5. The van der Waals surface area contributed by atoms with Gasteiger partial charge in [0.15, 0.2) is 0 Å². The molecular weight excluding hydrogens is 390 g/mol. The van der Waals surface area contributed by atoms with E-state index in [0.717, 1.165) is 28.7 Å². The first-order valence-electron chi connectivity index (χ1n) is 8.20. The molecule has 24 heavy (non-hydrogen) atoms. The van der Waals surface area contributed by atoms with Gasteiger partial charge in [-0.05, 0) is 31.0 Å². The topological polar surface area (TPSA) is 64.1 Å². The normalized spacial score (nSPS) is 10.6. The van der Waals surface area contributed by atoms with Crippen molar-refractivity contribution in [1.82, 2.24) is 10.2 Å². The maximum absolute atomic E-state index is 12.5. The number of carbonyl (C=O) groups is 1. The molecule has 1 aromatic carbocycles. The van der Waals surface area contributed by atoms with Gasteiger partial charge in [-0.3, -0.25) is 10.1 Å². The molecule has 0 aliphatic heterocycles. The van der Waals surface area contributed by atoms with Crippen LogP contribution in [0.1, 0.15) is 54.9 Å². The number of nitrogens with zero attached hydrogens (tertiary/aromatic N) is 2. The highest BCUT2D eigenvalue weighted by Crippen LogP contribution is 2.25. The molecule has 2 aromatic rings. The summed E-state index contributed by atoms with van der Waals surface area (Å²) in [5.74, 6) is 0.353. The van der Waals surface area contributed by atoms with E-state index in [1.54, 1.807) is 6.07 Å². The number of rotatable bonds is 9. The average Bonchev–Trinajstić information content (AvgIpc) is 3.03. The van der Waals surface area contributed by atoms with Gasteiger partial charge in [0.1, 0.15) is 10.8 Å². The molecule has 1 aromatic heterocycles. The number of carbonyl (C=O) groups excluding carboxylic acids is 1. The van der Waals surface area contributed by atoms with Gasteiger partial charge in [-0.2, -0.15) is 0 Å². The lowest BCUT2D eigenvalue weighted by atomic mass is 10.2. The fourth-order valence-corrected chi connectivity index (χ4v) is 3.16. The Morgan fingerprint density at radius 3 is 2.79 bits per heavy atom. The largest absolute Gasteiger partial charge is 0.493 e. The lowest BCUT2D eigenvalue weighted by Gasteiger charge is -2.11. The number of benzene rings is 1. The average molecular weight is 412 g/mol. The van der Waals surface area contributed by atoms with E-state index in [0.29, 0.717) is 23.1 Å². The van der Waals surface area contributed by atoms with Gasteiger partial charge in [-0.15, -0.1) is 10.2 Å². The third-order valence-corrected chi connectivity index (χ3v) is 4.91. The van der Waals surface area contributed by atoms with Crippen LogP contribution >= 0.6 is 27.3 Å². The molecule has 0 aliphatic carbocycles. The Bertz CT molecular complexity index is 676. The minimum absolute atomic E-state index is 0.237. The number of hydrogen-bond donors (Lipinski definition) is 1. The summed E-state index contributed by atoms with van der Waals surface area (Å²) in [5, 5.41) is 12.2. The monoisotopic (exact) mass is 411 g/mol. The molecule has 0 aliphatic rings. The Morgan fingerprint density at radius 2 is 2.08 bits per heavy atom. The number of amides is 1. The molecule has 1 amide bonds. The Balaban J connectivity index is 2.03. The van der Waals surface area contributed by atoms with Crippen molar-refractivity contribution in [2.24, 2.45) is 0 Å². The number of aryl methyl sites for hydroxylation is 1. The molecule has 0 radical (unpaired) electrons. The van der Waals surface area contributed by atoms with Gasteiger partial charge in [0.05, 0.1) is 12.2 Å². The van der Waals surface area contributed by atoms with Crippen molar-refractivity contribution in [3.8, 4) is 5.75 Å². The maximum atomic E-state index is 12.5. The van der Waals surface area contributed by atoms with Crippen molar-refractivity contribution in [3.63, 3.8) is 0 Å². The number of halogens is 1. The van der Waals surface area contributed by atoms with E-state index in [1.807, 2.05) is 19.1 Å². The minimum Gasteiger partial charge on any atom is -0.493 e. The quantitative estimate of drug-likeness (QED) is 0.584. The summed E-state index contributed by atoms with van der Waals surface area (Å²) in [6, 6.07) is 5.45. The second kappa shape index (κ2) is 9.74. The fraction of sp³-hybridized carbons (Fsp3) is 0.471. The van der Waals surface area contributed by atoms with Crippen LogP contribution in [0.4, 0.5) is 5.13 Å². The van der Waals surface area contributed by atoms with Gasteiger partial charge in [0.2, 0.25) is 5.13 Å². The van der Waals surface area contributed by atoms with Crippen molar-refractivity contribution in [2.45, 2.75) is 46.0 Å². The predicted molar refractivity (Wildman–Crippen MR) is 101 cm³/mol. The first-order valence-corrected chi connectivity index (χ1v) is 9.81. The van der Waals surface area contributed by atoms with E-state index >= 15 is 0 Å². The molecule has 1 heterocycles. The summed E-state index contributed by atoms with van der Waals surface area (Å²) in [6.07, 6.45) is 5.32. The van der Waals surface area contributed by atoms with Crippen LogP contribution in [0.5, 0.6) is 5.75 Å². The van der Waals surface area contributed by atoms with Crippen molar-refractivity contribution < 1.29 is 9.53 Å². The zero-order valence-corrected chi connectivity index (χ0v) is 16.4. The van der Waals surface area contributed by atoms with Crippen molar-refractivity contribution in [2.75, 3.05) is 11.9 Å². The molecule has 5 nitrogen and oxygen atoms in total. The van der Waals surface area contributed by atoms with Crippen LogP contribution in [0.2, 0.25) is 0 Å². The smallest absolute Gasteiger partial charge is 0.261 e. The van der Waals surface area contributed by atoms with E-state index in [-0.39, 0.29) is 5.91 Å². The van der Waals surface area contributed by atoms with E-state index in [4.69, 9.17) is 4.74 Å². The van der Waals surface area contributed by atoms with Gasteiger partial charge in [-0.25, -0.2) is 0 Å². The lowest BCUT2D eigenvalue weighted by Crippen LogP contribution is -2.14. The molecule has 1 N–H and O–H groups in total. The van der Waals surface area contributed by atoms with Crippen molar-refractivity contribution >= 4 is 38.3 Å². The van der Waals surface area contributed by atoms with E-state index < -0.39 is 0 Å². The van der Waals surface area contributed by atoms with Gasteiger partial charge >= 0.3 is 0 Å². The Morgan fingerprint density at radius 1 is 1.25 bits per heavy atom. The summed E-state index contributed by atoms with van der Waals surface area (Å²) in [5.41, 5.74) is 0.494. The highest BCUT2D eigenvalue weighted by Gasteiger charge is 2.15. The molecule has 0 spiro atoms. The van der Waals surface area contributed by atoms with Crippen molar-refractivity contribution in [1.29, 1.82) is 0 Å². The number of nitrogens with one attached hydrogen (secondary N) is 1. The summed E-state index contributed by atoms with van der Waals surface area (Å²) >= 11 is 4.79. The molecule has 0 fully saturated rings.